The molecule has 2 aliphatic heterocycles. The van der Waals surface area contributed by atoms with Gasteiger partial charge in [-0.2, -0.15) is 0 Å². The molecule has 0 unspecified atom stereocenters. The van der Waals surface area contributed by atoms with Gasteiger partial charge in [0.2, 0.25) is 0 Å². The predicted molar refractivity (Wildman–Crippen MR) is 70.0 cm³/mol. The molecular weight excluding hydrogens is 244 g/mol. The number of hydrogen-bond donors (Lipinski definition) is 0. The summed E-state index contributed by atoms with van der Waals surface area (Å²) in [5.74, 6) is 0.0803. The first kappa shape index (κ1) is 12.7. The molecule has 5 nitrogen and oxygen atoms in total. The summed E-state index contributed by atoms with van der Waals surface area (Å²) in [5.41, 5.74) is 0.650. The molecule has 3 rings (SSSR count). The SMILES string of the molecule is COC1CCN(C2CN(C(=O)c3ccoc3)C2)CC1. The van der Waals surface area contributed by atoms with Crippen molar-refractivity contribution in [2.75, 3.05) is 33.3 Å². The van der Waals surface area contributed by atoms with Crippen molar-refractivity contribution in [1.29, 1.82) is 0 Å². The Bertz CT molecular complexity index is 418. The first-order valence-electron chi connectivity index (χ1n) is 6.86. The lowest BCUT2D eigenvalue weighted by Crippen LogP contribution is -2.62. The van der Waals surface area contributed by atoms with E-state index in [-0.39, 0.29) is 5.91 Å². The third kappa shape index (κ3) is 2.53. The Balaban J connectivity index is 1.47. The average Bonchev–Trinajstić information content (AvgIpc) is 2.91. The van der Waals surface area contributed by atoms with Crippen LogP contribution in [0.1, 0.15) is 23.2 Å². The summed E-state index contributed by atoms with van der Waals surface area (Å²) in [6.07, 6.45) is 5.67. The Kier molecular flexibility index (Phi) is 3.57. The van der Waals surface area contributed by atoms with E-state index in [9.17, 15) is 4.79 Å². The van der Waals surface area contributed by atoms with E-state index in [1.165, 1.54) is 6.26 Å². The Morgan fingerprint density at radius 3 is 2.68 bits per heavy atom. The monoisotopic (exact) mass is 264 g/mol. The van der Waals surface area contributed by atoms with E-state index in [1.807, 2.05) is 4.90 Å². The topological polar surface area (TPSA) is 45.9 Å². The van der Waals surface area contributed by atoms with E-state index in [1.54, 1.807) is 19.4 Å². The van der Waals surface area contributed by atoms with E-state index in [0.717, 1.165) is 39.0 Å². The van der Waals surface area contributed by atoms with Crippen LogP contribution in [0.15, 0.2) is 23.0 Å². The number of carbonyl (C=O) groups is 1. The molecule has 2 fully saturated rings. The highest BCUT2D eigenvalue weighted by Crippen LogP contribution is 2.22. The molecule has 0 aromatic carbocycles. The van der Waals surface area contributed by atoms with E-state index in [2.05, 4.69) is 4.90 Å². The highest BCUT2D eigenvalue weighted by Gasteiger charge is 2.36. The fourth-order valence-corrected chi connectivity index (χ4v) is 2.90. The molecule has 19 heavy (non-hydrogen) atoms. The van der Waals surface area contributed by atoms with Crippen LogP contribution >= 0.6 is 0 Å². The van der Waals surface area contributed by atoms with E-state index in [4.69, 9.17) is 9.15 Å². The Labute approximate surface area is 113 Å². The maximum atomic E-state index is 12.0. The van der Waals surface area contributed by atoms with Crippen molar-refractivity contribution in [3.63, 3.8) is 0 Å². The number of furan rings is 1. The summed E-state index contributed by atoms with van der Waals surface area (Å²) in [5, 5.41) is 0. The molecular formula is C14H20N2O3. The van der Waals surface area contributed by atoms with Gasteiger partial charge in [0, 0.05) is 39.3 Å². The number of rotatable bonds is 3. The van der Waals surface area contributed by atoms with E-state index < -0.39 is 0 Å². The molecule has 5 heteroatoms. The van der Waals surface area contributed by atoms with Crippen molar-refractivity contribution in [2.24, 2.45) is 0 Å². The Morgan fingerprint density at radius 2 is 2.11 bits per heavy atom. The number of methoxy groups -OCH3 is 1. The maximum Gasteiger partial charge on any atom is 0.257 e. The van der Waals surface area contributed by atoms with Gasteiger partial charge in [0.15, 0.2) is 0 Å². The molecule has 1 amide bonds. The minimum Gasteiger partial charge on any atom is -0.472 e. The predicted octanol–water partition coefficient (Wildman–Crippen LogP) is 1.21. The summed E-state index contributed by atoms with van der Waals surface area (Å²) < 4.78 is 10.3. The zero-order valence-electron chi connectivity index (χ0n) is 11.2. The molecule has 0 spiro atoms. The lowest BCUT2D eigenvalue weighted by atomic mass is 10.0. The molecule has 0 atom stereocenters. The zero-order valence-corrected chi connectivity index (χ0v) is 11.2. The summed E-state index contributed by atoms with van der Waals surface area (Å²) in [6.45, 7) is 3.83. The fraction of sp³-hybridized carbons (Fsp3) is 0.643. The molecule has 2 aliphatic rings. The normalized spacial score (nSPS) is 22.5. The number of likely N-dealkylation sites (tertiary alicyclic amines) is 2. The van der Waals surface area contributed by atoms with Gasteiger partial charge in [-0.15, -0.1) is 0 Å². The number of ether oxygens (including phenoxy) is 1. The van der Waals surface area contributed by atoms with Crippen molar-refractivity contribution in [2.45, 2.75) is 25.0 Å². The van der Waals surface area contributed by atoms with Crippen LogP contribution in [-0.2, 0) is 4.74 Å². The minimum absolute atomic E-state index is 0.0803. The molecule has 1 aromatic heterocycles. The maximum absolute atomic E-state index is 12.0. The quantitative estimate of drug-likeness (QED) is 0.823. The molecule has 2 saturated heterocycles. The van der Waals surface area contributed by atoms with Crippen LogP contribution in [-0.4, -0.2) is 61.1 Å². The van der Waals surface area contributed by atoms with Gasteiger partial charge in [-0.3, -0.25) is 9.69 Å². The van der Waals surface area contributed by atoms with Gasteiger partial charge in [0.05, 0.1) is 17.9 Å². The standard InChI is InChI=1S/C14H20N2O3/c1-18-13-2-5-15(6-3-13)12-8-16(9-12)14(17)11-4-7-19-10-11/h4,7,10,12-13H,2-3,5-6,8-9H2,1H3. The molecule has 104 valence electrons. The Morgan fingerprint density at radius 1 is 1.37 bits per heavy atom. The van der Waals surface area contributed by atoms with Crippen molar-refractivity contribution in [3.8, 4) is 0 Å². The lowest BCUT2D eigenvalue weighted by molar-refractivity contribution is -0.0120. The van der Waals surface area contributed by atoms with Gasteiger partial charge in [-0.1, -0.05) is 0 Å². The number of carbonyl (C=O) groups excluding carboxylic acids is 1. The van der Waals surface area contributed by atoms with Crippen LogP contribution in [0, 0.1) is 0 Å². The van der Waals surface area contributed by atoms with E-state index >= 15 is 0 Å². The van der Waals surface area contributed by atoms with Gasteiger partial charge in [0.1, 0.15) is 6.26 Å². The van der Waals surface area contributed by atoms with E-state index in [0.29, 0.717) is 17.7 Å². The smallest absolute Gasteiger partial charge is 0.257 e. The van der Waals surface area contributed by atoms with Gasteiger partial charge >= 0.3 is 0 Å². The molecule has 0 radical (unpaired) electrons. The van der Waals surface area contributed by atoms with Crippen LogP contribution in [0.25, 0.3) is 0 Å². The van der Waals surface area contributed by atoms with Crippen LogP contribution in [0.4, 0.5) is 0 Å². The molecule has 0 saturated carbocycles. The second-order valence-electron chi connectivity index (χ2n) is 5.35. The fourth-order valence-electron chi connectivity index (χ4n) is 2.90. The summed E-state index contributed by atoms with van der Waals surface area (Å²) in [4.78, 5) is 16.4. The molecule has 0 bridgehead atoms. The second-order valence-corrected chi connectivity index (χ2v) is 5.35. The largest absolute Gasteiger partial charge is 0.472 e. The Hall–Kier alpha value is -1.33. The molecule has 0 N–H and O–H groups in total. The van der Waals surface area contributed by atoms with Crippen molar-refractivity contribution in [3.05, 3.63) is 24.2 Å². The van der Waals surface area contributed by atoms with Crippen LogP contribution < -0.4 is 0 Å². The highest BCUT2D eigenvalue weighted by atomic mass is 16.5. The van der Waals surface area contributed by atoms with Gasteiger partial charge in [-0.25, -0.2) is 0 Å². The number of amides is 1. The average molecular weight is 264 g/mol. The first-order valence-corrected chi connectivity index (χ1v) is 6.86. The zero-order chi connectivity index (χ0) is 13.2. The molecule has 0 aliphatic carbocycles. The van der Waals surface area contributed by atoms with Crippen molar-refractivity contribution in [1.82, 2.24) is 9.80 Å². The van der Waals surface area contributed by atoms with Crippen LogP contribution in [0.5, 0.6) is 0 Å². The lowest BCUT2D eigenvalue weighted by Gasteiger charge is -2.47. The molecule has 3 heterocycles. The third-order valence-electron chi connectivity index (χ3n) is 4.24. The van der Waals surface area contributed by atoms with Crippen molar-refractivity contribution < 1.29 is 13.9 Å². The summed E-state index contributed by atoms with van der Waals surface area (Å²) in [6, 6.07) is 2.24. The first-order chi connectivity index (χ1) is 9.28. The second kappa shape index (κ2) is 5.35. The minimum atomic E-state index is 0.0803. The summed E-state index contributed by atoms with van der Waals surface area (Å²) >= 11 is 0. The van der Waals surface area contributed by atoms with Gasteiger partial charge < -0.3 is 14.1 Å². The van der Waals surface area contributed by atoms with Gasteiger partial charge in [-0.05, 0) is 18.9 Å². The van der Waals surface area contributed by atoms with Crippen LogP contribution in [0.3, 0.4) is 0 Å². The third-order valence-corrected chi connectivity index (χ3v) is 4.24. The summed E-state index contributed by atoms with van der Waals surface area (Å²) in [7, 11) is 1.79. The number of piperidine rings is 1. The highest BCUT2D eigenvalue weighted by molar-refractivity contribution is 5.94. The van der Waals surface area contributed by atoms with Crippen LogP contribution in [0.2, 0.25) is 0 Å². The van der Waals surface area contributed by atoms with Crippen molar-refractivity contribution >= 4 is 5.91 Å². The number of nitrogens with zero attached hydrogens (tertiary/aromatic N) is 2. The van der Waals surface area contributed by atoms with Gasteiger partial charge in [0.25, 0.3) is 5.91 Å². The number of hydrogen-bond acceptors (Lipinski definition) is 4. The molecule has 1 aromatic rings.